The summed E-state index contributed by atoms with van der Waals surface area (Å²) in [5.74, 6) is 0.880. The quantitative estimate of drug-likeness (QED) is 0.753. The van der Waals surface area contributed by atoms with Gasteiger partial charge in [0.15, 0.2) is 0 Å². The Kier molecular flexibility index (Phi) is 7.28. The van der Waals surface area contributed by atoms with Crippen LogP contribution in [0.15, 0.2) is 0 Å². The highest BCUT2D eigenvalue weighted by Gasteiger charge is 2.17. The number of carbonyl (C=O) groups is 1. The molecule has 0 aromatic heterocycles. The smallest absolute Gasteiger partial charge is 0.234 e. The average Bonchev–Trinajstić information content (AvgIpc) is 2.29. The molecule has 1 atom stereocenters. The van der Waals surface area contributed by atoms with Crippen LogP contribution in [0.3, 0.4) is 0 Å². The Morgan fingerprint density at radius 2 is 2.06 bits per heavy atom. The van der Waals surface area contributed by atoms with E-state index in [2.05, 4.69) is 10.2 Å². The SMILES string of the molecule is COC[C@H](C)NC(=O)CN(C)CC1CCCCC1. The minimum Gasteiger partial charge on any atom is -0.383 e. The molecule has 1 N–H and O–H groups in total. The summed E-state index contributed by atoms with van der Waals surface area (Å²) in [6, 6.07) is 0.0885. The van der Waals surface area contributed by atoms with Gasteiger partial charge in [-0.25, -0.2) is 0 Å². The molecule has 0 heterocycles. The van der Waals surface area contributed by atoms with Crippen molar-refractivity contribution >= 4 is 5.91 Å². The summed E-state index contributed by atoms with van der Waals surface area (Å²) in [7, 11) is 3.69. The summed E-state index contributed by atoms with van der Waals surface area (Å²) < 4.78 is 5.00. The van der Waals surface area contributed by atoms with Gasteiger partial charge in [-0.3, -0.25) is 9.69 Å². The maximum Gasteiger partial charge on any atom is 0.234 e. The predicted octanol–water partition coefficient (Wildman–Crippen LogP) is 1.65. The van der Waals surface area contributed by atoms with Crippen molar-refractivity contribution in [3.63, 3.8) is 0 Å². The zero-order chi connectivity index (χ0) is 13.4. The highest BCUT2D eigenvalue weighted by molar-refractivity contribution is 5.78. The van der Waals surface area contributed by atoms with Crippen molar-refractivity contribution in [2.45, 2.75) is 45.1 Å². The number of likely N-dealkylation sites (N-methyl/N-ethyl adjacent to an activating group) is 1. The van der Waals surface area contributed by atoms with Crippen LogP contribution in [0.5, 0.6) is 0 Å². The molecule has 1 amide bonds. The lowest BCUT2D eigenvalue weighted by molar-refractivity contribution is -0.123. The number of ether oxygens (including phenoxy) is 1. The first-order valence-corrected chi connectivity index (χ1v) is 7.08. The summed E-state index contributed by atoms with van der Waals surface area (Å²) in [5, 5.41) is 2.94. The van der Waals surface area contributed by atoms with Gasteiger partial charge in [0.2, 0.25) is 5.91 Å². The van der Waals surface area contributed by atoms with Gasteiger partial charge in [-0.2, -0.15) is 0 Å². The fourth-order valence-corrected chi connectivity index (χ4v) is 2.73. The average molecular weight is 256 g/mol. The standard InChI is InChI=1S/C14H28N2O2/c1-12(11-18-3)15-14(17)10-16(2)9-13-7-5-4-6-8-13/h12-13H,4-11H2,1-3H3,(H,15,17)/t12-/m0/s1. The van der Waals surface area contributed by atoms with Gasteiger partial charge in [-0.15, -0.1) is 0 Å². The monoisotopic (exact) mass is 256 g/mol. The first kappa shape index (κ1) is 15.4. The van der Waals surface area contributed by atoms with Gasteiger partial charge in [-0.1, -0.05) is 19.3 Å². The van der Waals surface area contributed by atoms with E-state index in [4.69, 9.17) is 4.74 Å². The van der Waals surface area contributed by atoms with Gasteiger partial charge in [0.25, 0.3) is 0 Å². The molecule has 0 unspecified atom stereocenters. The van der Waals surface area contributed by atoms with Gasteiger partial charge < -0.3 is 10.1 Å². The highest BCUT2D eigenvalue weighted by atomic mass is 16.5. The number of carbonyl (C=O) groups excluding carboxylic acids is 1. The molecule has 1 rings (SSSR count). The Morgan fingerprint density at radius 3 is 2.67 bits per heavy atom. The molecule has 0 aromatic rings. The summed E-state index contributed by atoms with van der Waals surface area (Å²) in [4.78, 5) is 13.9. The molecule has 4 heteroatoms. The van der Waals surface area contributed by atoms with Crippen LogP contribution in [-0.4, -0.2) is 50.7 Å². The van der Waals surface area contributed by atoms with Crippen molar-refractivity contribution in [2.75, 3.05) is 33.9 Å². The first-order chi connectivity index (χ1) is 8.61. The lowest BCUT2D eigenvalue weighted by atomic mass is 9.89. The summed E-state index contributed by atoms with van der Waals surface area (Å²) in [6.45, 7) is 4.07. The van der Waals surface area contributed by atoms with E-state index in [1.165, 1.54) is 32.1 Å². The Bertz CT molecular complexity index is 240. The maximum atomic E-state index is 11.8. The summed E-state index contributed by atoms with van der Waals surface area (Å²) in [5.41, 5.74) is 0. The second kappa shape index (κ2) is 8.48. The fraction of sp³-hybridized carbons (Fsp3) is 0.929. The van der Waals surface area contributed by atoms with Gasteiger partial charge in [0.1, 0.15) is 0 Å². The Hall–Kier alpha value is -0.610. The molecule has 1 fully saturated rings. The van der Waals surface area contributed by atoms with Crippen LogP contribution >= 0.6 is 0 Å². The molecule has 0 radical (unpaired) electrons. The zero-order valence-corrected chi connectivity index (χ0v) is 12.1. The molecule has 4 nitrogen and oxygen atoms in total. The van der Waals surface area contributed by atoms with Crippen molar-refractivity contribution in [1.29, 1.82) is 0 Å². The lowest BCUT2D eigenvalue weighted by Crippen LogP contribution is -2.42. The van der Waals surface area contributed by atoms with E-state index in [-0.39, 0.29) is 11.9 Å². The number of hydrogen-bond donors (Lipinski definition) is 1. The van der Waals surface area contributed by atoms with Crippen LogP contribution in [0.2, 0.25) is 0 Å². The number of nitrogens with zero attached hydrogens (tertiary/aromatic N) is 1. The van der Waals surface area contributed by atoms with E-state index in [0.717, 1.165) is 12.5 Å². The molecule has 106 valence electrons. The highest BCUT2D eigenvalue weighted by Crippen LogP contribution is 2.23. The molecular formula is C14H28N2O2. The summed E-state index contributed by atoms with van der Waals surface area (Å²) in [6.07, 6.45) is 6.75. The van der Waals surface area contributed by atoms with E-state index in [1.54, 1.807) is 7.11 Å². The molecule has 1 saturated carbocycles. The maximum absolute atomic E-state index is 11.8. The second-order valence-electron chi connectivity index (χ2n) is 5.62. The van der Waals surface area contributed by atoms with Gasteiger partial charge in [0.05, 0.1) is 13.2 Å². The third kappa shape index (κ3) is 6.36. The Balaban J connectivity index is 2.17. The molecule has 0 spiro atoms. The van der Waals surface area contributed by atoms with Gasteiger partial charge in [-0.05, 0) is 32.7 Å². The molecule has 0 bridgehead atoms. The van der Waals surface area contributed by atoms with E-state index in [1.807, 2.05) is 14.0 Å². The number of nitrogens with one attached hydrogen (secondary N) is 1. The van der Waals surface area contributed by atoms with Crippen molar-refractivity contribution in [1.82, 2.24) is 10.2 Å². The topological polar surface area (TPSA) is 41.6 Å². The normalized spacial score (nSPS) is 18.9. The molecule has 0 aromatic carbocycles. The lowest BCUT2D eigenvalue weighted by Gasteiger charge is -2.27. The van der Waals surface area contributed by atoms with Crippen molar-refractivity contribution in [2.24, 2.45) is 5.92 Å². The van der Waals surface area contributed by atoms with Crippen molar-refractivity contribution in [3.05, 3.63) is 0 Å². The number of methoxy groups -OCH3 is 1. The van der Waals surface area contributed by atoms with E-state index < -0.39 is 0 Å². The van der Waals surface area contributed by atoms with Crippen LogP contribution in [0.25, 0.3) is 0 Å². The van der Waals surface area contributed by atoms with E-state index >= 15 is 0 Å². The molecule has 0 saturated heterocycles. The van der Waals surface area contributed by atoms with E-state index in [0.29, 0.717) is 13.2 Å². The zero-order valence-electron chi connectivity index (χ0n) is 12.1. The van der Waals surface area contributed by atoms with Gasteiger partial charge in [0, 0.05) is 19.7 Å². The van der Waals surface area contributed by atoms with Crippen molar-refractivity contribution < 1.29 is 9.53 Å². The van der Waals surface area contributed by atoms with Gasteiger partial charge >= 0.3 is 0 Å². The number of hydrogen-bond acceptors (Lipinski definition) is 3. The number of rotatable bonds is 7. The first-order valence-electron chi connectivity index (χ1n) is 7.08. The third-order valence-electron chi connectivity index (χ3n) is 3.53. The molecule has 0 aliphatic heterocycles. The fourth-order valence-electron chi connectivity index (χ4n) is 2.73. The number of amides is 1. The predicted molar refractivity (Wildman–Crippen MR) is 73.6 cm³/mol. The Morgan fingerprint density at radius 1 is 1.39 bits per heavy atom. The Labute approximate surface area is 111 Å². The third-order valence-corrected chi connectivity index (χ3v) is 3.53. The molecule has 1 aliphatic rings. The largest absolute Gasteiger partial charge is 0.383 e. The summed E-state index contributed by atoms with van der Waals surface area (Å²) >= 11 is 0. The van der Waals surface area contributed by atoms with Crippen LogP contribution in [0.1, 0.15) is 39.0 Å². The minimum absolute atomic E-state index is 0.0885. The molecule has 18 heavy (non-hydrogen) atoms. The van der Waals surface area contributed by atoms with Crippen molar-refractivity contribution in [3.8, 4) is 0 Å². The van der Waals surface area contributed by atoms with Crippen LogP contribution in [0.4, 0.5) is 0 Å². The van der Waals surface area contributed by atoms with E-state index in [9.17, 15) is 4.79 Å². The van der Waals surface area contributed by atoms with Crippen LogP contribution in [-0.2, 0) is 9.53 Å². The molecular weight excluding hydrogens is 228 g/mol. The second-order valence-corrected chi connectivity index (χ2v) is 5.62. The van der Waals surface area contributed by atoms with Crippen LogP contribution < -0.4 is 5.32 Å². The minimum atomic E-state index is 0.0885. The van der Waals surface area contributed by atoms with Crippen LogP contribution in [0, 0.1) is 5.92 Å². The molecule has 1 aliphatic carbocycles.